The highest BCUT2D eigenvalue weighted by atomic mass is 79.9. The second kappa shape index (κ2) is 6.72. The zero-order valence-electron chi connectivity index (χ0n) is 11.7. The Hall–Kier alpha value is -1.88. The van der Waals surface area contributed by atoms with Gasteiger partial charge in [0.25, 0.3) is 5.56 Å². The van der Waals surface area contributed by atoms with Crippen molar-refractivity contribution in [1.82, 2.24) is 4.57 Å². The number of halogens is 1. The second-order valence-corrected chi connectivity index (χ2v) is 5.68. The maximum absolute atomic E-state index is 12.4. The fourth-order valence-electron chi connectivity index (χ4n) is 2.16. The lowest BCUT2D eigenvalue weighted by Gasteiger charge is -2.10. The first-order valence-corrected chi connectivity index (χ1v) is 7.56. The number of carbonyl (C=O) groups is 1. The molecule has 0 fully saturated rings. The molecule has 5 heteroatoms. The molecule has 1 heterocycles. The molecule has 2 rings (SSSR count). The maximum atomic E-state index is 12.4. The van der Waals surface area contributed by atoms with Crippen LogP contribution in [-0.4, -0.2) is 15.6 Å². The number of unbranched alkanes of at least 4 members (excludes halogenated alkanes) is 1. The Bertz CT molecular complexity index is 704. The molecule has 4 nitrogen and oxygen atoms in total. The first kappa shape index (κ1) is 15.5. The summed E-state index contributed by atoms with van der Waals surface area (Å²) in [6.45, 7) is 2.57. The molecule has 2 aromatic rings. The van der Waals surface area contributed by atoms with E-state index in [2.05, 4.69) is 15.9 Å². The van der Waals surface area contributed by atoms with E-state index >= 15 is 0 Å². The third-order valence-electron chi connectivity index (χ3n) is 3.29. The molecule has 0 saturated heterocycles. The number of aromatic carboxylic acids is 1. The monoisotopic (exact) mass is 349 g/mol. The fourth-order valence-corrected chi connectivity index (χ4v) is 2.42. The summed E-state index contributed by atoms with van der Waals surface area (Å²) in [5.74, 6) is -1.19. The Balaban J connectivity index is 2.56. The number of pyridine rings is 1. The highest BCUT2D eigenvalue weighted by Crippen LogP contribution is 2.23. The molecule has 0 amide bonds. The molecule has 0 bridgehead atoms. The van der Waals surface area contributed by atoms with E-state index in [1.165, 1.54) is 4.57 Å². The van der Waals surface area contributed by atoms with Crippen molar-refractivity contribution in [3.05, 3.63) is 56.9 Å². The molecule has 1 aromatic carbocycles. The van der Waals surface area contributed by atoms with Crippen LogP contribution in [0.2, 0.25) is 0 Å². The topological polar surface area (TPSA) is 59.3 Å². The fraction of sp³-hybridized carbons (Fsp3) is 0.250. The molecular formula is C16H16BrNO3. The Morgan fingerprint density at radius 1 is 1.24 bits per heavy atom. The molecule has 0 saturated carbocycles. The summed E-state index contributed by atoms with van der Waals surface area (Å²) in [6.07, 6.45) is 3.46. The van der Waals surface area contributed by atoms with Gasteiger partial charge in [-0.25, -0.2) is 4.79 Å². The van der Waals surface area contributed by atoms with Gasteiger partial charge in [-0.1, -0.05) is 41.4 Å². The minimum absolute atomic E-state index is 0.170. The molecule has 0 atom stereocenters. The van der Waals surface area contributed by atoms with Crippen molar-refractivity contribution in [3.8, 4) is 11.1 Å². The average molecular weight is 350 g/mol. The van der Waals surface area contributed by atoms with Gasteiger partial charge >= 0.3 is 5.97 Å². The molecule has 0 unspecified atom stereocenters. The Kier molecular flexibility index (Phi) is 4.96. The minimum atomic E-state index is -1.19. The van der Waals surface area contributed by atoms with Crippen molar-refractivity contribution in [3.63, 3.8) is 0 Å². The van der Waals surface area contributed by atoms with Gasteiger partial charge in [-0.3, -0.25) is 4.79 Å². The number of aryl methyl sites for hydroxylation is 1. The molecular weight excluding hydrogens is 334 g/mol. The van der Waals surface area contributed by atoms with E-state index in [1.54, 1.807) is 24.4 Å². The lowest BCUT2D eigenvalue weighted by Crippen LogP contribution is -2.27. The number of carboxylic acid groups (broad SMARTS) is 1. The van der Waals surface area contributed by atoms with Crippen molar-refractivity contribution in [2.45, 2.75) is 26.3 Å². The van der Waals surface area contributed by atoms with Gasteiger partial charge in [0.1, 0.15) is 5.56 Å². The number of carboxylic acids is 1. The van der Waals surface area contributed by atoms with Gasteiger partial charge in [0.2, 0.25) is 0 Å². The van der Waals surface area contributed by atoms with Gasteiger partial charge in [-0.2, -0.15) is 0 Å². The van der Waals surface area contributed by atoms with Crippen molar-refractivity contribution >= 4 is 21.9 Å². The number of aromatic nitrogens is 1. The molecule has 0 spiro atoms. The molecule has 0 aliphatic heterocycles. The van der Waals surface area contributed by atoms with E-state index in [0.717, 1.165) is 22.9 Å². The number of hydrogen-bond donors (Lipinski definition) is 1. The lowest BCUT2D eigenvalue weighted by atomic mass is 10.0. The van der Waals surface area contributed by atoms with Gasteiger partial charge in [-0.05, 0) is 30.2 Å². The molecule has 0 aliphatic rings. The summed E-state index contributed by atoms with van der Waals surface area (Å²) >= 11 is 3.34. The predicted molar refractivity (Wildman–Crippen MR) is 85.7 cm³/mol. The number of benzene rings is 1. The standard InChI is InChI=1S/C16H16BrNO3/c1-2-3-9-18-10-8-13(14(15(18)19)16(20)21)11-4-6-12(17)7-5-11/h4-8,10H,2-3,9H2,1H3,(H,20,21). The SMILES string of the molecule is CCCCn1ccc(-c2ccc(Br)cc2)c(C(=O)O)c1=O. The first-order chi connectivity index (χ1) is 10.0. The van der Waals surface area contributed by atoms with Crippen LogP contribution in [0.25, 0.3) is 11.1 Å². The molecule has 1 N–H and O–H groups in total. The first-order valence-electron chi connectivity index (χ1n) is 6.77. The summed E-state index contributed by atoms with van der Waals surface area (Å²) in [7, 11) is 0. The molecule has 1 aromatic heterocycles. The van der Waals surface area contributed by atoms with Gasteiger partial charge in [0, 0.05) is 22.8 Å². The van der Waals surface area contributed by atoms with Crippen LogP contribution in [0.1, 0.15) is 30.1 Å². The van der Waals surface area contributed by atoms with Crippen LogP contribution in [0.4, 0.5) is 0 Å². The second-order valence-electron chi connectivity index (χ2n) is 4.77. The number of rotatable bonds is 5. The third-order valence-corrected chi connectivity index (χ3v) is 3.82. The average Bonchev–Trinajstić information content (AvgIpc) is 2.46. The summed E-state index contributed by atoms with van der Waals surface area (Å²) in [4.78, 5) is 23.8. The number of nitrogens with zero attached hydrogens (tertiary/aromatic N) is 1. The highest BCUT2D eigenvalue weighted by Gasteiger charge is 2.18. The summed E-state index contributed by atoms with van der Waals surface area (Å²) in [5, 5.41) is 9.39. The van der Waals surface area contributed by atoms with Gasteiger partial charge in [0.05, 0.1) is 0 Å². The molecule has 110 valence electrons. The van der Waals surface area contributed by atoms with Crippen molar-refractivity contribution in [1.29, 1.82) is 0 Å². The summed E-state index contributed by atoms with van der Waals surface area (Å²) in [5.41, 5.74) is 0.551. The smallest absolute Gasteiger partial charge is 0.341 e. The highest BCUT2D eigenvalue weighted by molar-refractivity contribution is 9.10. The molecule has 0 radical (unpaired) electrons. The van der Waals surface area contributed by atoms with Gasteiger partial charge in [0.15, 0.2) is 0 Å². The normalized spacial score (nSPS) is 10.6. The quantitative estimate of drug-likeness (QED) is 0.893. The zero-order chi connectivity index (χ0) is 15.4. The van der Waals surface area contributed by atoms with E-state index in [9.17, 15) is 14.7 Å². The van der Waals surface area contributed by atoms with E-state index < -0.39 is 11.5 Å². The summed E-state index contributed by atoms with van der Waals surface area (Å²) in [6, 6.07) is 8.93. The summed E-state index contributed by atoms with van der Waals surface area (Å²) < 4.78 is 2.37. The predicted octanol–water partition coefficient (Wildman–Crippen LogP) is 3.78. The van der Waals surface area contributed by atoms with Crippen LogP contribution in [-0.2, 0) is 6.54 Å². The van der Waals surface area contributed by atoms with Crippen molar-refractivity contribution in [2.24, 2.45) is 0 Å². The van der Waals surface area contributed by atoms with E-state index in [1.807, 2.05) is 19.1 Å². The van der Waals surface area contributed by atoms with Crippen LogP contribution >= 0.6 is 15.9 Å². The van der Waals surface area contributed by atoms with E-state index in [-0.39, 0.29) is 5.56 Å². The third kappa shape index (κ3) is 3.42. The Morgan fingerprint density at radius 2 is 1.90 bits per heavy atom. The van der Waals surface area contributed by atoms with Crippen molar-refractivity contribution < 1.29 is 9.90 Å². The molecule has 21 heavy (non-hydrogen) atoms. The van der Waals surface area contributed by atoms with Crippen LogP contribution in [0.5, 0.6) is 0 Å². The van der Waals surface area contributed by atoms with Gasteiger partial charge < -0.3 is 9.67 Å². The van der Waals surface area contributed by atoms with Crippen LogP contribution in [0, 0.1) is 0 Å². The number of hydrogen-bond acceptors (Lipinski definition) is 2. The van der Waals surface area contributed by atoms with Crippen LogP contribution in [0.3, 0.4) is 0 Å². The maximum Gasteiger partial charge on any atom is 0.341 e. The minimum Gasteiger partial charge on any atom is -0.477 e. The largest absolute Gasteiger partial charge is 0.477 e. The van der Waals surface area contributed by atoms with Crippen LogP contribution in [0.15, 0.2) is 45.8 Å². The Labute approximate surface area is 131 Å². The van der Waals surface area contributed by atoms with Crippen molar-refractivity contribution in [2.75, 3.05) is 0 Å². The van der Waals surface area contributed by atoms with Gasteiger partial charge in [-0.15, -0.1) is 0 Å². The van der Waals surface area contributed by atoms with E-state index in [0.29, 0.717) is 12.1 Å². The van der Waals surface area contributed by atoms with Crippen LogP contribution < -0.4 is 5.56 Å². The Morgan fingerprint density at radius 3 is 2.48 bits per heavy atom. The van der Waals surface area contributed by atoms with E-state index in [4.69, 9.17) is 0 Å². The lowest BCUT2D eigenvalue weighted by molar-refractivity contribution is 0.0695. The zero-order valence-corrected chi connectivity index (χ0v) is 13.3. The molecule has 0 aliphatic carbocycles.